The number of hydrogen-bond donors (Lipinski definition) is 0. The maximum absolute atomic E-state index is 5.21. The van der Waals surface area contributed by atoms with Crippen molar-refractivity contribution in [2.75, 3.05) is 19.6 Å². The summed E-state index contributed by atoms with van der Waals surface area (Å²) in [6, 6.07) is 78.6. The predicted molar refractivity (Wildman–Crippen MR) is 463 cm³/mol. The Morgan fingerprint density at radius 1 is 0.231 bits per heavy atom. The summed E-state index contributed by atoms with van der Waals surface area (Å²) in [7, 11) is 0. The molecule has 4 heterocycles. The Balaban J connectivity index is 1.15. The lowest BCUT2D eigenvalue weighted by atomic mass is 9.86. The van der Waals surface area contributed by atoms with Crippen molar-refractivity contribution in [1.82, 2.24) is 19.9 Å². The van der Waals surface area contributed by atoms with Gasteiger partial charge in [0, 0.05) is 101 Å². The van der Waals surface area contributed by atoms with Crippen LogP contribution in [-0.2, 0) is 21.7 Å². The van der Waals surface area contributed by atoms with E-state index in [0.717, 1.165) is 189 Å². The maximum Gasteiger partial charge on any atom is 0.0752 e. The normalized spacial score (nSPS) is 12.4. The van der Waals surface area contributed by atoms with E-state index in [1.165, 1.54) is 22.3 Å². The lowest BCUT2D eigenvalue weighted by molar-refractivity contribution is 0.590. The van der Waals surface area contributed by atoms with Crippen molar-refractivity contribution in [3.8, 4) is 0 Å². The fraction of sp³-hybridized carbons (Fsp3) is 0.240. The first-order valence-electron chi connectivity index (χ1n) is 38.3. The Hall–Kier alpha value is -11.5. The first kappa shape index (κ1) is 70.8. The molecule has 0 fully saturated rings. The van der Waals surface area contributed by atoms with Gasteiger partial charge in [-0.2, -0.15) is 0 Å². The molecule has 108 heavy (non-hydrogen) atoms. The highest BCUT2D eigenvalue weighted by Gasteiger charge is 2.34. The second-order valence-electron chi connectivity index (χ2n) is 34.4. The Morgan fingerprint density at radius 3 is 0.611 bits per heavy atom. The van der Waals surface area contributed by atoms with Crippen molar-refractivity contribution in [2.24, 2.45) is 0 Å². The van der Waals surface area contributed by atoms with E-state index in [9.17, 15) is 0 Å². The highest BCUT2D eigenvalue weighted by atomic mass is 15.2. The lowest BCUT2D eigenvalue weighted by Crippen LogP contribution is -2.19. The molecule has 0 radical (unpaired) electrons. The number of hydrogen-bond acceptors (Lipinski definition) is 8. The SMILES string of the molecule is Cc1cc2cccnc2c(C)c1N(c1ccc(C(C)(C)C)cc1)c1cc(N(c2ccc(C(C)(C)C)cc2)c2c(C)cc3cccnc3c2C)c2ccc3c(N(c4ccc(C(C)(C)C)cc4)c4c(C)cc5cccnc5c4C)cc(N(c4ccc(C(C)(C)C)cc4)c4c(C)cc5cccnc5c4C)c4ccc1c2c43. The van der Waals surface area contributed by atoms with E-state index in [4.69, 9.17) is 19.9 Å². The molecule has 0 atom stereocenters. The minimum atomic E-state index is -0.100. The first-order chi connectivity index (χ1) is 51.4. The molecule has 8 nitrogen and oxygen atoms in total. The van der Waals surface area contributed by atoms with E-state index in [0.29, 0.717) is 0 Å². The quantitative estimate of drug-likeness (QED) is 0.112. The monoisotopic (exact) mass is 1410 g/mol. The molecule has 16 aromatic rings. The topological polar surface area (TPSA) is 64.5 Å². The molecule has 0 spiro atoms. The molecule has 0 saturated carbocycles. The number of anilines is 12. The van der Waals surface area contributed by atoms with Gasteiger partial charge in [0.15, 0.2) is 0 Å². The predicted octanol–water partition coefficient (Wildman–Crippen LogP) is 28.3. The van der Waals surface area contributed by atoms with E-state index in [1.54, 1.807) is 0 Å². The van der Waals surface area contributed by atoms with Gasteiger partial charge in [-0.3, -0.25) is 19.9 Å². The van der Waals surface area contributed by atoms with Crippen molar-refractivity contribution in [3.05, 3.63) is 298 Å². The van der Waals surface area contributed by atoms with Gasteiger partial charge in [-0.15, -0.1) is 0 Å². The fourth-order valence-corrected chi connectivity index (χ4v) is 17.3. The third-order valence-corrected chi connectivity index (χ3v) is 22.8. The molecule has 0 aliphatic heterocycles. The highest BCUT2D eigenvalue weighted by Crippen LogP contribution is 2.58. The molecule has 0 unspecified atom stereocenters. The number of rotatable bonds is 12. The highest BCUT2D eigenvalue weighted by molar-refractivity contribution is 6.33. The van der Waals surface area contributed by atoms with Crippen LogP contribution in [0.15, 0.2) is 231 Å². The van der Waals surface area contributed by atoms with Crippen LogP contribution in [0.3, 0.4) is 0 Å². The summed E-state index contributed by atoms with van der Waals surface area (Å²) >= 11 is 0. The van der Waals surface area contributed by atoms with Gasteiger partial charge in [0.1, 0.15) is 0 Å². The van der Waals surface area contributed by atoms with Gasteiger partial charge in [-0.25, -0.2) is 0 Å². The Kier molecular flexibility index (Phi) is 17.2. The summed E-state index contributed by atoms with van der Waals surface area (Å²) in [4.78, 5) is 31.1. The molecular formula is C100H98N8. The lowest BCUT2D eigenvalue weighted by Gasteiger charge is -2.37. The largest absolute Gasteiger partial charge is 0.309 e. The van der Waals surface area contributed by atoms with Crippen molar-refractivity contribution >= 4 is 144 Å². The number of pyridine rings is 4. The zero-order chi connectivity index (χ0) is 75.9. The molecule has 0 saturated heterocycles. The van der Waals surface area contributed by atoms with E-state index >= 15 is 0 Å². The third-order valence-electron chi connectivity index (χ3n) is 22.8. The molecule has 8 heteroatoms. The average molecular weight is 1410 g/mol. The van der Waals surface area contributed by atoms with Gasteiger partial charge in [0.2, 0.25) is 0 Å². The van der Waals surface area contributed by atoms with E-state index < -0.39 is 0 Å². The maximum atomic E-state index is 5.21. The number of fused-ring (bicyclic) bond motifs is 4. The summed E-state index contributed by atoms with van der Waals surface area (Å²) in [5.41, 5.74) is 30.0. The van der Waals surface area contributed by atoms with Gasteiger partial charge in [-0.1, -0.05) is 180 Å². The summed E-state index contributed by atoms with van der Waals surface area (Å²) in [6.45, 7) is 45.8. The van der Waals surface area contributed by atoms with Crippen molar-refractivity contribution < 1.29 is 0 Å². The van der Waals surface area contributed by atoms with Crippen LogP contribution in [0, 0.1) is 55.4 Å². The van der Waals surface area contributed by atoms with Gasteiger partial charge in [-0.05, 0) is 253 Å². The number of aryl methyl sites for hydroxylation is 8. The molecular weight excluding hydrogens is 1310 g/mol. The molecule has 538 valence electrons. The average Bonchev–Trinajstić information content (AvgIpc) is 0.694. The van der Waals surface area contributed by atoms with Gasteiger partial charge < -0.3 is 19.6 Å². The van der Waals surface area contributed by atoms with Crippen LogP contribution in [0.25, 0.3) is 75.9 Å². The van der Waals surface area contributed by atoms with Gasteiger partial charge in [0.05, 0.1) is 67.6 Å². The van der Waals surface area contributed by atoms with Crippen molar-refractivity contribution in [3.63, 3.8) is 0 Å². The van der Waals surface area contributed by atoms with Crippen LogP contribution in [0.5, 0.6) is 0 Å². The van der Waals surface area contributed by atoms with Gasteiger partial charge >= 0.3 is 0 Å². The Morgan fingerprint density at radius 2 is 0.426 bits per heavy atom. The minimum absolute atomic E-state index is 0.100. The molecule has 16 rings (SSSR count). The summed E-state index contributed by atoms with van der Waals surface area (Å²) in [5, 5.41) is 11.1. The molecule has 4 aromatic heterocycles. The number of benzene rings is 12. The van der Waals surface area contributed by atoms with Crippen LogP contribution in [0.4, 0.5) is 68.2 Å². The van der Waals surface area contributed by atoms with Gasteiger partial charge in [0.25, 0.3) is 0 Å². The standard InChI is InChI=1S/C100H98N8/c1-59-53-67-25-21-49-101-89(67)63(5)93(59)105(75-37-29-71(30-38-75)97(9,10)11)83-57-84(106(76-39-31-72(32-40-76)98(12,13)14)94-60(2)54-68-26-22-50-102-90(68)64(94)6)80-47-48-82-86(108(78-43-35-74(36-44-78)100(18,19)20)96-62(4)56-70-28-24-52-104-92(70)66(96)8)58-85(81-46-45-79(83)87(80)88(81)82)107(77-41-33-73(34-42-77)99(15,16)17)95-61(3)55-69-27-23-51-103-91(69)65(95)7/h21-58H,1-20H3. The Labute approximate surface area is 637 Å². The summed E-state index contributed by atoms with van der Waals surface area (Å²) < 4.78 is 0. The van der Waals surface area contributed by atoms with Crippen LogP contribution < -0.4 is 19.6 Å². The molecule has 0 N–H and O–H groups in total. The second-order valence-corrected chi connectivity index (χ2v) is 34.4. The number of aromatic nitrogens is 4. The zero-order valence-corrected chi connectivity index (χ0v) is 66.5. The van der Waals surface area contributed by atoms with Crippen LogP contribution in [0.1, 0.15) is 150 Å². The molecule has 0 amide bonds. The second kappa shape index (κ2) is 26.2. The molecule has 0 aliphatic rings. The van der Waals surface area contributed by atoms with Crippen LogP contribution in [0.2, 0.25) is 0 Å². The van der Waals surface area contributed by atoms with E-state index in [2.05, 4.69) is 364 Å². The number of nitrogens with zero attached hydrogens (tertiary/aromatic N) is 8. The van der Waals surface area contributed by atoms with E-state index in [1.807, 2.05) is 24.8 Å². The summed E-state index contributed by atoms with van der Waals surface area (Å²) in [6.07, 6.45) is 7.74. The first-order valence-corrected chi connectivity index (χ1v) is 38.3. The minimum Gasteiger partial charge on any atom is -0.309 e. The zero-order valence-electron chi connectivity index (χ0n) is 66.5. The van der Waals surface area contributed by atoms with Crippen molar-refractivity contribution in [1.29, 1.82) is 0 Å². The molecule has 0 aliphatic carbocycles. The fourth-order valence-electron chi connectivity index (χ4n) is 17.3. The molecule has 0 bridgehead atoms. The van der Waals surface area contributed by atoms with Crippen LogP contribution >= 0.6 is 0 Å². The van der Waals surface area contributed by atoms with E-state index in [-0.39, 0.29) is 21.7 Å². The van der Waals surface area contributed by atoms with Crippen LogP contribution in [-0.4, -0.2) is 19.9 Å². The molecule has 12 aromatic carbocycles. The summed E-state index contributed by atoms with van der Waals surface area (Å²) in [5.74, 6) is 0. The van der Waals surface area contributed by atoms with Crippen molar-refractivity contribution in [2.45, 2.75) is 160 Å². The third kappa shape index (κ3) is 12.0. The smallest absolute Gasteiger partial charge is 0.0752 e. The Bertz CT molecular complexity index is 5480.